The molecule has 2 amide bonds. The van der Waals surface area contributed by atoms with E-state index >= 15 is 0 Å². The average Bonchev–Trinajstić information content (AvgIpc) is 3.45. The maximum atomic E-state index is 14.2. The highest BCUT2D eigenvalue weighted by Crippen LogP contribution is 2.49. The van der Waals surface area contributed by atoms with Crippen LogP contribution in [0.2, 0.25) is 5.02 Å². The molecule has 4 aliphatic rings. The normalized spacial score (nSPS) is 29.2. The van der Waals surface area contributed by atoms with Crippen LogP contribution in [0.4, 0.5) is 4.79 Å². The van der Waals surface area contributed by atoms with Gasteiger partial charge >= 0.3 is 6.09 Å². The maximum Gasteiger partial charge on any atom is 0.410 e. The van der Waals surface area contributed by atoms with Crippen molar-refractivity contribution in [1.29, 1.82) is 0 Å². The number of ether oxygens (including phenoxy) is 1. The van der Waals surface area contributed by atoms with Crippen LogP contribution >= 0.6 is 11.6 Å². The highest BCUT2D eigenvalue weighted by Gasteiger charge is 2.50. The molecule has 5 rings (SSSR count). The van der Waals surface area contributed by atoms with Gasteiger partial charge in [-0.3, -0.25) is 9.69 Å². The van der Waals surface area contributed by atoms with Crippen molar-refractivity contribution in [2.24, 2.45) is 17.3 Å². The Bertz CT molecular complexity index is 1010. The molecule has 6 nitrogen and oxygen atoms in total. The van der Waals surface area contributed by atoms with Crippen molar-refractivity contribution in [3.8, 4) is 0 Å². The number of hydrogen-bond acceptors (Lipinski definition) is 4. The molecular weight excluding hydrogens is 510 g/mol. The van der Waals surface area contributed by atoms with E-state index in [0.29, 0.717) is 30.5 Å². The van der Waals surface area contributed by atoms with Gasteiger partial charge in [-0.25, -0.2) is 4.79 Å². The minimum absolute atomic E-state index is 0.0166. The highest BCUT2D eigenvalue weighted by atomic mass is 35.5. The van der Waals surface area contributed by atoms with Gasteiger partial charge in [-0.05, 0) is 87.3 Å². The lowest BCUT2D eigenvalue weighted by Crippen LogP contribution is -2.55. The minimum atomic E-state index is -0.278. The van der Waals surface area contributed by atoms with Crippen molar-refractivity contribution in [3.05, 3.63) is 34.9 Å². The van der Waals surface area contributed by atoms with Gasteiger partial charge in [0.05, 0.1) is 5.54 Å². The van der Waals surface area contributed by atoms with Crippen molar-refractivity contribution in [2.75, 3.05) is 26.2 Å². The summed E-state index contributed by atoms with van der Waals surface area (Å²) in [6.45, 7) is 11.4. The van der Waals surface area contributed by atoms with Gasteiger partial charge in [-0.15, -0.1) is 0 Å². The van der Waals surface area contributed by atoms with Crippen LogP contribution in [0.25, 0.3) is 0 Å². The van der Waals surface area contributed by atoms with E-state index in [2.05, 4.69) is 50.0 Å². The van der Waals surface area contributed by atoms with Gasteiger partial charge < -0.3 is 15.0 Å². The van der Waals surface area contributed by atoms with Gasteiger partial charge in [-0.2, -0.15) is 0 Å². The predicted octanol–water partition coefficient (Wildman–Crippen LogP) is 6.62. The second-order valence-corrected chi connectivity index (χ2v) is 14.2. The summed E-state index contributed by atoms with van der Waals surface area (Å²) < 4.78 is 5.49. The van der Waals surface area contributed by atoms with Gasteiger partial charge in [-0.1, -0.05) is 56.8 Å². The number of cyclic esters (lactones) is 1. The van der Waals surface area contributed by atoms with Crippen molar-refractivity contribution in [1.82, 2.24) is 15.1 Å². The molecule has 0 aromatic heterocycles. The van der Waals surface area contributed by atoms with E-state index in [1.165, 1.54) is 37.7 Å². The summed E-state index contributed by atoms with van der Waals surface area (Å²) in [7, 11) is 0. The molecule has 0 bridgehead atoms. The molecule has 2 aliphatic heterocycles. The summed E-state index contributed by atoms with van der Waals surface area (Å²) in [5, 5.41) is 4.44. The monoisotopic (exact) mass is 557 g/mol. The average molecular weight is 558 g/mol. The van der Waals surface area contributed by atoms with Gasteiger partial charge in [0.25, 0.3) is 0 Å². The maximum absolute atomic E-state index is 14.2. The zero-order valence-corrected chi connectivity index (χ0v) is 25.1. The van der Waals surface area contributed by atoms with Crippen LogP contribution in [0.3, 0.4) is 0 Å². The quantitative estimate of drug-likeness (QED) is 0.409. The Morgan fingerprint density at radius 1 is 1.08 bits per heavy atom. The molecular formula is C32H48ClN3O3. The van der Waals surface area contributed by atoms with E-state index in [9.17, 15) is 9.59 Å². The molecule has 2 saturated heterocycles. The molecule has 2 aliphatic carbocycles. The lowest BCUT2D eigenvalue weighted by molar-refractivity contribution is -0.139. The zero-order valence-electron chi connectivity index (χ0n) is 24.4. The van der Waals surface area contributed by atoms with E-state index in [4.69, 9.17) is 16.3 Å². The van der Waals surface area contributed by atoms with Gasteiger partial charge in [0, 0.05) is 42.7 Å². The van der Waals surface area contributed by atoms with E-state index in [1.807, 2.05) is 17.0 Å². The van der Waals surface area contributed by atoms with Crippen LogP contribution in [0.5, 0.6) is 0 Å². The summed E-state index contributed by atoms with van der Waals surface area (Å²) >= 11 is 6.19. The Hall–Kier alpha value is -1.79. The third kappa shape index (κ3) is 6.12. The molecule has 1 aromatic carbocycles. The van der Waals surface area contributed by atoms with E-state index in [-0.39, 0.29) is 28.9 Å². The molecule has 1 aromatic rings. The van der Waals surface area contributed by atoms with Crippen LogP contribution in [0, 0.1) is 17.3 Å². The SMILES string of the molecule is CC(C)NC1C[C@H](c2ccc(Cl)cc2)[C@H](C(=O)N2CCC(CN3C(=O)OCC3(C)C)(C3CCCCC3)CC2)C1. The third-order valence-electron chi connectivity index (χ3n) is 10.3. The molecule has 0 spiro atoms. The highest BCUT2D eigenvalue weighted by molar-refractivity contribution is 6.30. The summed E-state index contributed by atoms with van der Waals surface area (Å²) in [5.74, 6) is 1.11. The number of piperidine rings is 1. The second-order valence-electron chi connectivity index (χ2n) is 13.7. The van der Waals surface area contributed by atoms with Crippen LogP contribution in [0.15, 0.2) is 24.3 Å². The van der Waals surface area contributed by atoms with Crippen LogP contribution in [-0.2, 0) is 9.53 Å². The first kappa shape index (κ1) is 28.7. The number of carbonyl (C=O) groups is 2. The Morgan fingerprint density at radius 3 is 2.33 bits per heavy atom. The number of benzene rings is 1. The molecule has 2 heterocycles. The first-order valence-electron chi connectivity index (χ1n) is 15.3. The van der Waals surface area contributed by atoms with E-state index in [0.717, 1.165) is 50.3 Å². The fourth-order valence-corrected chi connectivity index (χ4v) is 8.17. The fourth-order valence-electron chi connectivity index (χ4n) is 8.05. The number of halogens is 1. The molecule has 4 fully saturated rings. The number of carbonyl (C=O) groups excluding carboxylic acids is 2. The van der Waals surface area contributed by atoms with Crippen molar-refractivity contribution in [2.45, 2.75) is 109 Å². The van der Waals surface area contributed by atoms with Crippen LogP contribution in [0.1, 0.15) is 97.0 Å². The third-order valence-corrected chi connectivity index (χ3v) is 10.5. The van der Waals surface area contributed by atoms with Gasteiger partial charge in [0.15, 0.2) is 0 Å². The summed E-state index contributed by atoms with van der Waals surface area (Å²) in [5.41, 5.74) is 0.999. The number of likely N-dealkylation sites (tertiary alicyclic amines) is 1. The molecule has 2 saturated carbocycles. The predicted molar refractivity (Wildman–Crippen MR) is 156 cm³/mol. The van der Waals surface area contributed by atoms with Crippen LogP contribution < -0.4 is 5.32 Å². The van der Waals surface area contributed by atoms with Gasteiger partial charge in [0.1, 0.15) is 6.61 Å². The van der Waals surface area contributed by atoms with E-state index in [1.54, 1.807) is 0 Å². The molecule has 39 heavy (non-hydrogen) atoms. The number of nitrogens with zero attached hydrogens (tertiary/aromatic N) is 2. The standard InChI is InChI=1S/C32H48ClN3O3/c1-22(2)34-26-18-27(23-10-12-25(33)13-11-23)28(19-26)29(37)35-16-14-32(15-17-35,24-8-6-5-7-9-24)20-36-30(38)39-21-31(36,3)4/h10-13,22,24,26-28,34H,5-9,14-21H2,1-4H3/t26?,27-,28-/m1/s1. The number of hydrogen-bond donors (Lipinski definition) is 1. The van der Waals surface area contributed by atoms with E-state index < -0.39 is 0 Å². The lowest BCUT2D eigenvalue weighted by atomic mass is 9.63. The second kappa shape index (κ2) is 11.6. The Morgan fingerprint density at radius 2 is 1.74 bits per heavy atom. The first-order chi connectivity index (χ1) is 18.6. The smallest absolute Gasteiger partial charge is 0.410 e. The lowest BCUT2D eigenvalue weighted by Gasteiger charge is -2.51. The Balaban J connectivity index is 1.33. The summed E-state index contributed by atoms with van der Waals surface area (Å²) in [4.78, 5) is 31.1. The van der Waals surface area contributed by atoms with Crippen molar-refractivity contribution in [3.63, 3.8) is 0 Å². The molecule has 7 heteroatoms. The molecule has 1 unspecified atom stereocenters. The molecule has 216 valence electrons. The first-order valence-corrected chi connectivity index (χ1v) is 15.7. The molecule has 1 N–H and O–H groups in total. The van der Waals surface area contributed by atoms with Crippen molar-refractivity contribution < 1.29 is 14.3 Å². The van der Waals surface area contributed by atoms with Crippen molar-refractivity contribution >= 4 is 23.6 Å². The zero-order chi connectivity index (χ0) is 27.8. The molecule has 3 atom stereocenters. The molecule has 0 radical (unpaired) electrons. The summed E-state index contributed by atoms with van der Waals surface area (Å²) in [6, 6.07) is 8.84. The Labute approximate surface area is 240 Å². The topological polar surface area (TPSA) is 61.9 Å². The largest absolute Gasteiger partial charge is 0.447 e. The number of nitrogens with one attached hydrogen (secondary N) is 1. The number of amides is 2. The van der Waals surface area contributed by atoms with Gasteiger partial charge in [0.2, 0.25) is 5.91 Å². The fraction of sp³-hybridized carbons (Fsp3) is 0.750. The Kier molecular flexibility index (Phi) is 8.54. The number of rotatable bonds is 7. The summed E-state index contributed by atoms with van der Waals surface area (Å²) in [6.07, 6.45) is 9.95. The van der Waals surface area contributed by atoms with Crippen LogP contribution in [-0.4, -0.2) is 65.7 Å². The minimum Gasteiger partial charge on any atom is -0.447 e.